The Kier molecular flexibility index (Phi) is 7.47. The van der Waals surface area contributed by atoms with Crippen LogP contribution in [0.3, 0.4) is 0 Å². The quantitative estimate of drug-likeness (QED) is 0.193. The Bertz CT molecular complexity index is 2230. The fraction of sp³-hybridized carbons (Fsp3) is 0.191. The van der Waals surface area contributed by atoms with Crippen molar-refractivity contribution >= 4 is 38.0 Å². The van der Waals surface area contributed by atoms with Crippen LogP contribution in [-0.2, 0) is 6.42 Å². The van der Waals surface area contributed by atoms with Crippen LogP contribution in [0.15, 0.2) is 173 Å². The third kappa shape index (κ3) is 4.97. The molecule has 4 aromatic carbocycles. The molecule has 6 atom stereocenters. The van der Waals surface area contributed by atoms with Crippen molar-refractivity contribution in [3.8, 4) is 22.3 Å². The summed E-state index contributed by atoms with van der Waals surface area (Å²) in [5.41, 5.74) is 14.0. The molecule has 10 rings (SSSR count). The predicted octanol–water partition coefficient (Wildman–Crippen LogP) is 12.0. The fourth-order valence-corrected chi connectivity index (χ4v) is 14.6. The number of rotatable bonds is 5. The van der Waals surface area contributed by atoms with Gasteiger partial charge in [0.15, 0.2) is 0 Å². The van der Waals surface area contributed by atoms with E-state index in [1.807, 2.05) is 0 Å². The van der Waals surface area contributed by atoms with Gasteiger partial charge in [0, 0.05) is 40.1 Å². The Morgan fingerprint density at radius 3 is 2.42 bits per heavy atom. The summed E-state index contributed by atoms with van der Waals surface area (Å²) in [6.07, 6.45) is 27.9. The zero-order chi connectivity index (χ0) is 33.2. The summed E-state index contributed by atoms with van der Waals surface area (Å²) in [6, 6.07) is 36.0. The second kappa shape index (κ2) is 12.3. The van der Waals surface area contributed by atoms with Gasteiger partial charge < -0.3 is 4.90 Å². The van der Waals surface area contributed by atoms with Gasteiger partial charge in [-0.15, -0.1) is 11.8 Å². The number of thioether (sulfide) groups is 1. The third-order valence-corrected chi connectivity index (χ3v) is 16.8. The van der Waals surface area contributed by atoms with Crippen molar-refractivity contribution in [1.29, 1.82) is 0 Å². The lowest BCUT2D eigenvalue weighted by atomic mass is 9.78. The van der Waals surface area contributed by atoms with Crippen LogP contribution in [-0.4, -0.2) is 14.0 Å². The van der Waals surface area contributed by atoms with Crippen molar-refractivity contribution < 1.29 is 0 Å². The Labute approximate surface area is 302 Å². The molecule has 4 aliphatic carbocycles. The highest BCUT2D eigenvalue weighted by Gasteiger charge is 2.49. The standard InChI is InChI=1S/C47H41NSSi/c1-50-44-27-26-41-40-21-7-8-23-43(40)49-47(41)46(44)42-25-24-37(30-45(42)50)48(35-18-9-16-33(28-35)31-12-3-2-4-13-31)36-19-10-17-34(29-36)39-22-11-15-32-14-5-6-20-38(32)39/h2-5,7-19,21-25,27-30,40-43,45,50H,6,20,26H2,1H3. The van der Waals surface area contributed by atoms with Crippen LogP contribution in [0.4, 0.5) is 11.4 Å². The number of nitrogens with zero attached hydrogens (tertiary/aromatic N) is 1. The zero-order valence-corrected chi connectivity index (χ0v) is 30.4. The highest BCUT2D eigenvalue weighted by Crippen LogP contribution is 2.61. The second-order valence-electron chi connectivity index (χ2n) is 14.7. The third-order valence-electron chi connectivity index (χ3n) is 12.0. The predicted molar refractivity (Wildman–Crippen MR) is 217 cm³/mol. The van der Waals surface area contributed by atoms with E-state index in [9.17, 15) is 0 Å². The van der Waals surface area contributed by atoms with E-state index in [4.69, 9.17) is 0 Å². The van der Waals surface area contributed by atoms with Crippen LogP contribution in [0.5, 0.6) is 0 Å². The van der Waals surface area contributed by atoms with Crippen molar-refractivity contribution in [2.24, 2.45) is 17.8 Å². The lowest BCUT2D eigenvalue weighted by Gasteiger charge is -2.32. The molecule has 1 nitrogen and oxygen atoms in total. The smallest absolute Gasteiger partial charge is 0.0756 e. The largest absolute Gasteiger partial charge is 0.311 e. The first-order valence-electron chi connectivity index (χ1n) is 18.4. The molecule has 0 aromatic heterocycles. The Hall–Kier alpha value is -4.57. The minimum Gasteiger partial charge on any atom is -0.311 e. The molecule has 0 radical (unpaired) electrons. The van der Waals surface area contributed by atoms with Crippen molar-refractivity contribution in [2.75, 3.05) is 4.90 Å². The Morgan fingerprint density at radius 2 is 1.54 bits per heavy atom. The summed E-state index contributed by atoms with van der Waals surface area (Å²) in [7, 11) is -1.23. The first-order valence-corrected chi connectivity index (χ1v) is 21.7. The van der Waals surface area contributed by atoms with Crippen LogP contribution in [0.2, 0.25) is 12.1 Å². The maximum Gasteiger partial charge on any atom is 0.0756 e. The average Bonchev–Trinajstić information content (AvgIpc) is 3.70. The number of allylic oxidation sites excluding steroid dienone is 11. The van der Waals surface area contributed by atoms with E-state index in [1.54, 1.807) is 15.7 Å². The van der Waals surface area contributed by atoms with E-state index in [-0.39, 0.29) is 0 Å². The fourth-order valence-electron chi connectivity index (χ4n) is 9.57. The van der Waals surface area contributed by atoms with Crippen LogP contribution in [0.25, 0.3) is 28.3 Å². The molecule has 0 amide bonds. The molecule has 2 heterocycles. The zero-order valence-electron chi connectivity index (χ0n) is 28.5. The first-order chi connectivity index (χ1) is 24.7. The maximum atomic E-state index is 2.68. The van der Waals surface area contributed by atoms with Gasteiger partial charge in [0.2, 0.25) is 0 Å². The van der Waals surface area contributed by atoms with Gasteiger partial charge in [-0.1, -0.05) is 139 Å². The molecular weight excluding hydrogens is 639 g/mol. The SMILES string of the molecule is C[SiH]1C2=CCC3C(=C2C2C=CC(N(c4cccc(-c5ccccc5)c4)c4cccc(-c5cccc6c5CCC=C6)c4)=CC21)SC1C=CC=CC13. The molecule has 2 aliphatic heterocycles. The van der Waals surface area contributed by atoms with Gasteiger partial charge in [-0.05, 0) is 99.0 Å². The molecule has 6 aliphatic rings. The van der Waals surface area contributed by atoms with Crippen LogP contribution >= 0.6 is 11.8 Å². The number of hydrogen-bond donors (Lipinski definition) is 0. The summed E-state index contributed by atoms with van der Waals surface area (Å²) in [4.78, 5) is 4.24. The molecular formula is C47H41NSSi. The maximum absolute atomic E-state index is 2.68. The van der Waals surface area contributed by atoms with E-state index < -0.39 is 8.80 Å². The monoisotopic (exact) mass is 679 g/mol. The molecule has 0 saturated carbocycles. The van der Waals surface area contributed by atoms with E-state index in [2.05, 4.69) is 181 Å². The normalized spacial score (nSPS) is 26.8. The van der Waals surface area contributed by atoms with Crippen LogP contribution in [0, 0.1) is 17.8 Å². The van der Waals surface area contributed by atoms with Gasteiger partial charge in [-0.25, -0.2) is 0 Å². The summed E-state index contributed by atoms with van der Waals surface area (Å²) in [6.45, 7) is 2.62. The summed E-state index contributed by atoms with van der Waals surface area (Å²) < 4.78 is 0. The van der Waals surface area contributed by atoms with Gasteiger partial charge in [-0.3, -0.25) is 0 Å². The van der Waals surface area contributed by atoms with Gasteiger partial charge in [0.25, 0.3) is 0 Å². The molecule has 0 N–H and O–H groups in total. The molecule has 3 heteroatoms. The van der Waals surface area contributed by atoms with Crippen LogP contribution in [0.1, 0.15) is 24.0 Å². The van der Waals surface area contributed by atoms with Crippen molar-refractivity contribution in [3.05, 3.63) is 184 Å². The Morgan fingerprint density at radius 1 is 0.760 bits per heavy atom. The van der Waals surface area contributed by atoms with Gasteiger partial charge in [0.1, 0.15) is 0 Å². The molecule has 2 fully saturated rings. The van der Waals surface area contributed by atoms with E-state index in [0.717, 1.165) is 12.8 Å². The van der Waals surface area contributed by atoms with Gasteiger partial charge in [0.05, 0.1) is 8.80 Å². The molecule has 2 saturated heterocycles. The topological polar surface area (TPSA) is 3.24 Å². The van der Waals surface area contributed by atoms with E-state index in [1.165, 1.54) is 56.9 Å². The number of fused-ring (bicyclic) bond motifs is 7. The molecule has 0 bridgehead atoms. The first kappa shape index (κ1) is 30.3. The highest BCUT2D eigenvalue weighted by molar-refractivity contribution is 8.04. The average molecular weight is 680 g/mol. The summed E-state index contributed by atoms with van der Waals surface area (Å²) in [5.74, 6) is 1.80. The number of benzene rings is 4. The highest BCUT2D eigenvalue weighted by atomic mass is 32.2. The molecule has 6 unspecified atom stereocenters. The summed E-state index contributed by atoms with van der Waals surface area (Å²) >= 11 is 2.18. The minimum atomic E-state index is -1.23. The minimum absolute atomic E-state index is 0.498. The molecule has 0 spiro atoms. The van der Waals surface area contributed by atoms with Crippen LogP contribution < -0.4 is 4.90 Å². The molecule has 244 valence electrons. The van der Waals surface area contributed by atoms with E-state index in [0.29, 0.717) is 28.5 Å². The lowest BCUT2D eigenvalue weighted by molar-refractivity contribution is 0.493. The molecule has 50 heavy (non-hydrogen) atoms. The van der Waals surface area contributed by atoms with Crippen molar-refractivity contribution in [1.82, 2.24) is 0 Å². The van der Waals surface area contributed by atoms with Crippen molar-refractivity contribution in [2.45, 2.75) is 36.6 Å². The van der Waals surface area contributed by atoms with Gasteiger partial charge >= 0.3 is 0 Å². The number of anilines is 2. The van der Waals surface area contributed by atoms with Gasteiger partial charge in [-0.2, -0.15) is 0 Å². The molecule has 4 aromatic rings. The lowest BCUT2D eigenvalue weighted by Crippen LogP contribution is -2.22. The number of hydrogen-bond acceptors (Lipinski definition) is 2. The van der Waals surface area contributed by atoms with Crippen molar-refractivity contribution in [3.63, 3.8) is 0 Å². The second-order valence-corrected chi connectivity index (χ2v) is 18.9. The Balaban J connectivity index is 1.08. The van der Waals surface area contributed by atoms with E-state index >= 15 is 0 Å². The summed E-state index contributed by atoms with van der Waals surface area (Å²) in [5, 5.41) is 2.34.